The molecule has 1 fully saturated rings. The highest BCUT2D eigenvalue weighted by Crippen LogP contribution is 2.20. The summed E-state index contributed by atoms with van der Waals surface area (Å²) in [5, 5.41) is 5.68. The molecule has 1 aromatic carbocycles. The molecular weight excluding hydrogens is 264 g/mol. The van der Waals surface area contributed by atoms with Crippen LogP contribution in [0.4, 0.5) is 5.69 Å². The maximum absolute atomic E-state index is 11.9. The van der Waals surface area contributed by atoms with E-state index in [1.165, 1.54) is 0 Å². The van der Waals surface area contributed by atoms with Gasteiger partial charge in [-0.2, -0.15) is 0 Å². The molecule has 4 nitrogen and oxygen atoms in total. The molecule has 0 saturated heterocycles. The quantitative estimate of drug-likeness (QED) is 0.787. The lowest BCUT2D eigenvalue weighted by Gasteiger charge is -2.07. The first-order chi connectivity index (χ1) is 9.19. The first-order valence-corrected chi connectivity index (χ1v) is 6.99. The summed E-state index contributed by atoms with van der Waals surface area (Å²) in [6, 6.07) is 7.29. The van der Waals surface area contributed by atoms with Crippen LogP contribution in [0.5, 0.6) is 0 Å². The summed E-state index contributed by atoms with van der Waals surface area (Å²) in [5.41, 5.74) is 1.21. The number of alkyl halides is 1. The lowest BCUT2D eigenvalue weighted by Crippen LogP contribution is -2.25. The molecule has 0 aromatic heterocycles. The van der Waals surface area contributed by atoms with E-state index in [4.69, 9.17) is 11.6 Å². The minimum atomic E-state index is -0.0839. The second-order valence-electron chi connectivity index (χ2n) is 4.67. The standard InChI is InChI=1S/C14H17ClN2O2/c15-8-2-5-13(18)16-12-4-1-3-10(9-12)14(19)17-11-6-7-11/h1,3-4,9,11H,2,5-8H2,(H,16,18)(H,17,19). The minimum Gasteiger partial charge on any atom is -0.349 e. The average molecular weight is 281 g/mol. The summed E-state index contributed by atoms with van der Waals surface area (Å²) >= 11 is 5.54. The zero-order valence-corrected chi connectivity index (χ0v) is 11.4. The summed E-state index contributed by atoms with van der Waals surface area (Å²) in [6.07, 6.45) is 3.15. The van der Waals surface area contributed by atoms with Crippen LogP contribution in [0, 0.1) is 0 Å². The van der Waals surface area contributed by atoms with Gasteiger partial charge in [0.1, 0.15) is 0 Å². The number of hydrogen-bond donors (Lipinski definition) is 2. The molecule has 0 bridgehead atoms. The molecule has 0 radical (unpaired) electrons. The van der Waals surface area contributed by atoms with Crippen LogP contribution in [0.1, 0.15) is 36.0 Å². The fourth-order valence-corrected chi connectivity index (χ4v) is 1.82. The molecule has 0 unspecified atom stereocenters. The number of rotatable bonds is 6. The van der Waals surface area contributed by atoms with Crippen LogP contribution in [-0.4, -0.2) is 23.7 Å². The van der Waals surface area contributed by atoms with Crippen LogP contribution in [0.15, 0.2) is 24.3 Å². The second kappa shape index (κ2) is 6.57. The lowest BCUT2D eigenvalue weighted by atomic mass is 10.2. The fraction of sp³-hybridized carbons (Fsp3) is 0.429. The van der Waals surface area contributed by atoms with E-state index < -0.39 is 0 Å². The SMILES string of the molecule is O=C(CCCCl)Nc1cccc(C(=O)NC2CC2)c1. The van der Waals surface area contributed by atoms with Gasteiger partial charge in [-0.1, -0.05) is 6.07 Å². The van der Waals surface area contributed by atoms with Crippen molar-refractivity contribution in [1.82, 2.24) is 5.32 Å². The molecule has 102 valence electrons. The van der Waals surface area contributed by atoms with E-state index in [2.05, 4.69) is 10.6 Å². The second-order valence-corrected chi connectivity index (χ2v) is 5.05. The number of halogens is 1. The maximum Gasteiger partial charge on any atom is 0.251 e. The van der Waals surface area contributed by atoms with E-state index in [0.717, 1.165) is 12.8 Å². The van der Waals surface area contributed by atoms with E-state index in [0.29, 0.717) is 36.0 Å². The van der Waals surface area contributed by atoms with Crippen molar-refractivity contribution >= 4 is 29.1 Å². The van der Waals surface area contributed by atoms with Gasteiger partial charge in [0.25, 0.3) is 5.91 Å². The van der Waals surface area contributed by atoms with Crippen molar-refractivity contribution in [2.75, 3.05) is 11.2 Å². The molecular formula is C14H17ClN2O2. The largest absolute Gasteiger partial charge is 0.349 e. The van der Waals surface area contributed by atoms with Gasteiger partial charge in [-0.3, -0.25) is 9.59 Å². The molecule has 1 aromatic rings. The highest BCUT2D eigenvalue weighted by Gasteiger charge is 2.23. The Hall–Kier alpha value is -1.55. The number of hydrogen-bond acceptors (Lipinski definition) is 2. The minimum absolute atomic E-state index is 0.0830. The van der Waals surface area contributed by atoms with Crippen LogP contribution in [0.2, 0.25) is 0 Å². The van der Waals surface area contributed by atoms with Gasteiger partial charge in [-0.25, -0.2) is 0 Å². The van der Waals surface area contributed by atoms with Crippen molar-refractivity contribution in [3.63, 3.8) is 0 Å². The molecule has 19 heavy (non-hydrogen) atoms. The van der Waals surface area contributed by atoms with Gasteiger partial charge in [0.2, 0.25) is 5.91 Å². The highest BCUT2D eigenvalue weighted by molar-refractivity contribution is 6.18. The van der Waals surface area contributed by atoms with Crippen LogP contribution in [0.25, 0.3) is 0 Å². The summed E-state index contributed by atoms with van der Waals surface area (Å²) in [5.74, 6) is 0.303. The summed E-state index contributed by atoms with van der Waals surface area (Å²) in [6.45, 7) is 0. The van der Waals surface area contributed by atoms with Gasteiger partial charge in [0.05, 0.1) is 0 Å². The molecule has 0 heterocycles. The Morgan fingerprint density at radius 1 is 1.32 bits per heavy atom. The number of anilines is 1. The number of benzene rings is 1. The number of nitrogens with one attached hydrogen (secondary N) is 2. The van der Waals surface area contributed by atoms with Crippen LogP contribution in [-0.2, 0) is 4.79 Å². The van der Waals surface area contributed by atoms with E-state index >= 15 is 0 Å². The Bertz CT molecular complexity index is 472. The Morgan fingerprint density at radius 2 is 2.11 bits per heavy atom. The first-order valence-electron chi connectivity index (χ1n) is 6.46. The topological polar surface area (TPSA) is 58.2 Å². The molecule has 0 aliphatic heterocycles. The normalized spacial score (nSPS) is 13.9. The molecule has 1 aliphatic carbocycles. The zero-order valence-electron chi connectivity index (χ0n) is 10.6. The van der Waals surface area contributed by atoms with Gasteiger partial charge in [-0.15, -0.1) is 11.6 Å². The predicted molar refractivity (Wildman–Crippen MR) is 75.5 cm³/mol. The van der Waals surface area contributed by atoms with Crippen molar-refractivity contribution in [1.29, 1.82) is 0 Å². The molecule has 2 N–H and O–H groups in total. The van der Waals surface area contributed by atoms with E-state index in [1.807, 2.05) is 0 Å². The molecule has 2 rings (SSSR count). The van der Waals surface area contributed by atoms with Crippen LogP contribution in [0.3, 0.4) is 0 Å². The average Bonchev–Trinajstić information content (AvgIpc) is 3.20. The van der Waals surface area contributed by atoms with Crippen molar-refractivity contribution < 1.29 is 9.59 Å². The van der Waals surface area contributed by atoms with Gasteiger partial charge in [0.15, 0.2) is 0 Å². The van der Waals surface area contributed by atoms with Gasteiger partial charge >= 0.3 is 0 Å². The smallest absolute Gasteiger partial charge is 0.251 e. The Kier molecular flexibility index (Phi) is 4.80. The monoisotopic (exact) mass is 280 g/mol. The molecule has 1 aliphatic rings. The maximum atomic E-state index is 11.9. The molecule has 5 heteroatoms. The fourth-order valence-electron chi connectivity index (χ4n) is 1.69. The molecule has 0 spiro atoms. The van der Waals surface area contributed by atoms with Crippen LogP contribution < -0.4 is 10.6 Å². The van der Waals surface area contributed by atoms with Crippen molar-refractivity contribution in [2.45, 2.75) is 31.7 Å². The molecule has 0 atom stereocenters. The van der Waals surface area contributed by atoms with E-state index in [9.17, 15) is 9.59 Å². The van der Waals surface area contributed by atoms with Crippen molar-refractivity contribution in [3.8, 4) is 0 Å². The Labute approximate surface area is 117 Å². The summed E-state index contributed by atoms with van der Waals surface area (Å²) < 4.78 is 0. The molecule has 1 saturated carbocycles. The number of carbonyl (C=O) groups excluding carboxylic acids is 2. The van der Waals surface area contributed by atoms with Crippen LogP contribution >= 0.6 is 11.6 Å². The van der Waals surface area contributed by atoms with E-state index in [-0.39, 0.29) is 11.8 Å². The predicted octanol–water partition coefficient (Wildman–Crippen LogP) is 2.54. The Balaban J connectivity index is 1.93. The summed E-state index contributed by atoms with van der Waals surface area (Å²) in [7, 11) is 0. The first kappa shape index (κ1) is 13.9. The Morgan fingerprint density at radius 3 is 2.79 bits per heavy atom. The van der Waals surface area contributed by atoms with E-state index in [1.54, 1.807) is 24.3 Å². The van der Waals surface area contributed by atoms with Gasteiger partial charge in [0, 0.05) is 29.6 Å². The lowest BCUT2D eigenvalue weighted by molar-refractivity contribution is -0.116. The molecule has 2 amide bonds. The summed E-state index contributed by atoms with van der Waals surface area (Å²) in [4.78, 5) is 23.4. The number of carbonyl (C=O) groups is 2. The third-order valence-electron chi connectivity index (χ3n) is 2.86. The van der Waals surface area contributed by atoms with Gasteiger partial charge in [-0.05, 0) is 37.5 Å². The highest BCUT2D eigenvalue weighted by atomic mass is 35.5. The zero-order chi connectivity index (χ0) is 13.7. The number of amides is 2. The van der Waals surface area contributed by atoms with Crippen molar-refractivity contribution in [2.24, 2.45) is 0 Å². The third kappa shape index (κ3) is 4.56. The van der Waals surface area contributed by atoms with Crippen molar-refractivity contribution in [3.05, 3.63) is 29.8 Å². The van der Waals surface area contributed by atoms with Gasteiger partial charge < -0.3 is 10.6 Å². The third-order valence-corrected chi connectivity index (χ3v) is 3.13.